The molecule has 110 valence electrons. The number of hydrogen-bond donors (Lipinski definition) is 2. The zero-order valence-electron chi connectivity index (χ0n) is 11.7. The summed E-state index contributed by atoms with van der Waals surface area (Å²) < 4.78 is 10.5. The maximum atomic E-state index is 11.8. The van der Waals surface area contributed by atoms with Gasteiger partial charge in [-0.1, -0.05) is 0 Å². The number of amides is 1. The molecule has 1 fully saturated rings. The fourth-order valence-electron chi connectivity index (χ4n) is 2.34. The van der Waals surface area contributed by atoms with Gasteiger partial charge in [-0.3, -0.25) is 4.79 Å². The predicted octanol–water partition coefficient (Wildman–Crippen LogP) is 3.12. The van der Waals surface area contributed by atoms with Gasteiger partial charge in [-0.25, -0.2) is 0 Å². The van der Waals surface area contributed by atoms with Crippen molar-refractivity contribution in [3.05, 3.63) is 48.4 Å². The average molecular weight is 286 g/mol. The Labute approximate surface area is 123 Å². The summed E-state index contributed by atoms with van der Waals surface area (Å²) in [5, 5.41) is 6.22. The molecular weight excluding hydrogens is 268 g/mol. The lowest BCUT2D eigenvalue weighted by Gasteiger charge is -2.24. The van der Waals surface area contributed by atoms with Crippen LogP contribution in [0.15, 0.2) is 47.1 Å². The summed E-state index contributed by atoms with van der Waals surface area (Å²) in [4.78, 5) is 11.8. The fraction of sp³-hybridized carbons (Fsp3) is 0.312. The first-order valence-corrected chi connectivity index (χ1v) is 7.10. The molecule has 2 heterocycles. The molecule has 1 aromatic heterocycles. The first-order valence-electron chi connectivity index (χ1n) is 7.10. The molecule has 0 bridgehead atoms. The Bertz CT molecular complexity index is 572. The van der Waals surface area contributed by atoms with Gasteiger partial charge in [0.1, 0.15) is 0 Å². The number of ether oxygens (including phenoxy) is 1. The molecule has 5 nitrogen and oxygen atoms in total. The molecular formula is C16H18N2O3. The topological polar surface area (TPSA) is 63.5 Å². The van der Waals surface area contributed by atoms with Crippen LogP contribution >= 0.6 is 0 Å². The van der Waals surface area contributed by atoms with Gasteiger partial charge >= 0.3 is 0 Å². The summed E-state index contributed by atoms with van der Waals surface area (Å²) in [5.41, 5.74) is 1.77. The smallest absolute Gasteiger partial charge is 0.291 e. The molecule has 2 N–H and O–H groups in total. The van der Waals surface area contributed by atoms with Crippen molar-refractivity contribution in [2.24, 2.45) is 0 Å². The van der Waals surface area contributed by atoms with Crippen molar-refractivity contribution in [1.82, 2.24) is 0 Å². The maximum absolute atomic E-state index is 11.8. The highest BCUT2D eigenvalue weighted by atomic mass is 16.5. The monoisotopic (exact) mass is 286 g/mol. The molecule has 1 aromatic carbocycles. The van der Waals surface area contributed by atoms with Crippen LogP contribution in [0.25, 0.3) is 0 Å². The molecule has 1 atom stereocenters. The lowest BCUT2D eigenvalue weighted by Crippen LogP contribution is -2.29. The van der Waals surface area contributed by atoms with E-state index in [0.717, 1.165) is 37.4 Å². The highest BCUT2D eigenvalue weighted by molar-refractivity contribution is 6.02. The third-order valence-corrected chi connectivity index (χ3v) is 3.42. The largest absolute Gasteiger partial charge is 0.459 e. The normalized spacial score (nSPS) is 18.2. The summed E-state index contributed by atoms with van der Waals surface area (Å²) in [6.07, 6.45) is 3.69. The highest BCUT2D eigenvalue weighted by Gasteiger charge is 2.13. The Hall–Kier alpha value is -2.27. The molecule has 21 heavy (non-hydrogen) atoms. The molecule has 1 aliphatic rings. The van der Waals surface area contributed by atoms with Gasteiger partial charge in [0.15, 0.2) is 5.76 Å². The average Bonchev–Trinajstić information content (AvgIpc) is 3.05. The lowest BCUT2D eigenvalue weighted by atomic mass is 10.1. The predicted molar refractivity (Wildman–Crippen MR) is 80.6 cm³/mol. The van der Waals surface area contributed by atoms with Crippen LogP contribution in [0.4, 0.5) is 11.4 Å². The number of hydrogen-bond acceptors (Lipinski definition) is 4. The van der Waals surface area contributed by atoms with Gasteiger partial charge in [-0.15, -0.1) is 0 Å². The molecule has 1 amide bonds. The second-order valence-corrected chi connectivity index (χ2v) is 5.07. The summed E-state index contributed by atoms with van der Waals surface area (Å²) in [6, 6.07) is 11.3. The van der Waals surface area contributed by atoms with Gasteiger partial charge in [0, 0.05) is 24.0 Å². The van der Waals surface area contributed by atoms with Crippen molar-refractivity contribution in [2.75, 3.05) is 23.8 Å². The van der Waals surface area contributed by atoms with Crippen LogP contribution in [0, 0.1) is 0 Å². The van der Waals surface area contributed by atoms with E-state index in [2.05, 4.69) is 10.6 Å². The molecule has 0 unspecified atom stereocenters. The van der Waals surface area contributed by atoms with E-state index in [9.17, 15) is 4.79 Å². The minimum absolute atomic E-state index is 0.249. The summed E-state index contributed by atoms with van der Waals surface area (Å²) in [6.45, 7) is 1.60. The van der Waals surface area contributed by atoms with Gasteiger partial charge < -0.3 is 19.8 Å². The summed E-state index contributed by atoms with van der Waals surface area (Å²) >= 11 is 0. The van der Waals surface area contributed by atoms with Gasteiger partial charge in [0.25, 0.3) is 5.91 Å². The van der Waals surface area contributed by atoms with Crippen LogP contribution in [0.5, 0.6) is 0 Å². The van der Waals surface area contributed by atoms with E-state index in [0.29, 0.717) is 11.8 Å². The Morgan fingerprint density at radius 3 is 2.62 bits per heavy atom. The molecule has 0 aliphatic carbocycles. The number of nitrogens with one attached hydrogen (secondary N) is 2. The Balaban J connectivity index is 1.57. The fourth-order valence-corrected chi connectivity index (χ4v) is 2.34. The first kappa shape index (κ1) is 13.7. The molecule has 0 saturated carbocycles. The van der Waals surface area contributed by atoms with Crippen molar-refractivity contribution in [1.29, 1.82) is 0 Å². The molecule has 3 rings (SSSR count). The molecule has 2 aromatic rings. The molecule has 5 heteroatoms. The standard InChI is InChI=1S/C16H18N2O3/c19-16(15-4-2-10-21-15)18-13-7-5-12(6-8-13)17-14-3-1-9-20-11-14/h2,4-8,10,14,17H,1,3,9,11H2,(H,18,19)/t14-/m0/s1. The quantitative estimate of drug-likeness (QED) is 0.906. The number of carbonyl (C=O) groups is 1. The van der Waals surface area contributed by atoms with E-state index in [1.54, 1.807) is 12.1 Å². The van der Waals surface area contributed by atoms with Crippen LogP contribution in [0.1, 0.15) is 23.4 Å². The number of rotatable bonds is 4. The molecule has 0 radical (unpaired) electrons. The van der Waals surface area contributed by atoms with E-state index in [-0.39, 0.29) is 5.91 Å². The number of furan rings is 1. The van der Waals surface area contributed by atoms with E-state index in [1.165, 1.54) is 6.26 Å². The highest BCUT2D eigenvalue weighted by Crippen LogP contribution is 2.18. The van der Waals surface area contributed by atoms with E-state index < -0.39 is 0 Å². The summed E-state index contributed by atoms with van der Waals surface area (Å²) in [7, 11) is 0. The van der Waals surface area contributed by atoms with Crippen molar-refractivity contribution >= 4 is 17.3 Å². The van der Waals surface area contributed by atoms with Crippen LogP contribution in [-0.4, -0.2) is 25.2 Å². The van der Waals surface area contributed by atoms with Gasteiger partial charge in [0.2, 0.25) is 0 Å². The van der Waals surface area contributed by atoms with Crippen molar-refractivity contribution in [3.63, 3.8) is 0 Å². The molecule has 1 saturated heterocycles. The maximum Gasteiger partial charge on any atom is 0.291 e. The SMILES string of the molecule is O=C(Nc1ccc(N[C@H]2CCCOC2)cc1)c1ccco1. The van der Waals surface area contributed by atoms with Crippen molar-refractivity contribution < 1.29 is 13.9 Å². The Morgan fingerprint density at radius 2 is 1.95 bits per heavy atom. The van der Waals surface area contributed by atoms with Crippen LogP contribution in [-0.2, 0) is 4.74 Å². The van der Waals surface area contributed by atoms with Crippen molar-refractivity contribution in [3.8, 4) is 0 Å². The Kier molecular flexibility index (Phi) is 4.21. The second-order valence-electron chi connectivity index (χ2n) is 5.07. The molecule has 0 spiro atoms. The van der Waals surface area contributed by atoms with Gasteiger partial charge in [0.05, 0.1) is 12.9 Å². The summed E-state index contributed by atoms with van der Waals surface area (Å²) in [5.74, 6) is 0.0537. The minimum atomic E-state index is -0.249. The number of benzene rings is 1. The van der Waals surface area contributed by atoms with Crippen LogP contribution in [0.3, 0.4) is 0 Å². The third kappa shape index (κ3) is 3.64. The Morgan fingerprint density at radius 1 is 1.14 bits per heavy atom. The number of carbonyl (C=O) groups excluding carboxylic acids is 1. The van der Waals surface area contributed by atoms with Gasteiger partial charge in [-0.05, 0) is 49.2 Å². The molecule has 1 aliphatic heterocycles. The van der Waals surface area contributed by atoms with Crippen LogP contribution < -0.4 is 10.6 Å². The zero-order chi connectivity index (χ0) is 14.5. The number of anilines is 2. The van der Waals surface area contributed by atoms with E-state index in [1.807, 2.05) is 24.3 Å². The minimum Gasteiger partial charge on any atom is -0.459 e. The van der Waals surface area contributed by atoms with Crippen LogP contribution in [0.2, 0.25) is 0 Å². The first-order chi connectivity index (χ1) is 10.3. The second kappa shape index (κ2) is 6.45. The van der Waals surface area contributed by atoms with E-state index >= 15 is 0 Å². The third-order valence-electron chi connectivity index (χ3n) is 3.42. The lowest BCUT2D eigenvalue weighted by molar-refractivity contribution is 0.0876. The zero-order valence-corrected chi connectivity index (χ0v) is 11.7. The van der Waals surface area contributed by atoms with Crippen molar-refractivity contribution in [2.45, 2.75) is 18.9 Å². The van der Waals surface area contributed by atoms with E-state index in [4.69, 9.17) is 9.15 Å². The van der Waals surface area contributed by atoms with Gasteiger partial charge in [-0.2, -0.15) is 0 Å².